The van der Waals surface area contributed by atoms with E-state index in [-0.39, 0.29) is 0 Å². The van der Waals surface area contributed by atoms with Gasteiger partial charge >= 0.3 is 0 Å². The summed E-state index contributed by atoms with van der Waals surface area (Å²) in [4.78, 5) is 0. The van der Waals surface area contributed by atoms with E-state index in [1.54, 1.807) is 0 Å². The van der Waals surface area contributed by atoms with Crippen molar-refractivity contribution >= 4 is 37.2 Å². The molecular weight excluding hydrogens is 367 g/mol. The minimum absolute atomic E-state index is 0.314. The van der Waals surface area contributed by atoms with Crippen molar-refractivity contribution in [3.8, 4) is 12.3 Å². The molecule has 1 heteroatoms. The van der Waals surface area contributed by atoms with Crippen LogP contribution in [0.4, 0.5) is 0 Å². The molecule has 0 aliphatic heterocycles. The van der Waals surface area contributed by atoms with E-state index in [2.05, 4.69) is 102 Å². The molecule has 1 aliphatic rings. The first-order chi connectivity index (χ1) is 14.1. The zero-order valence-corrected chi connectivity index (χ0v) is 18.0. The van der Waals surface area contributed by atoms with Crippen LogP contribution in [0.1, 0.15) is 19.4 Å². The summed E-state index contributed by atoms with van der Waals surface area (Å²) in [6.07, 6.45) is 12.1. The zero-order valence-electron chi connectivity index (χ0n) is 16.9. The van der Waals surface area contributed by atoms with Gasteiger partial charge in [0, 0.05) is 5.92 Å². The van der Waals surface area contributed by atoms with Crippen molar-refractivity contribution in [3.63, 3.8) is 0 Å². The van der Waals surface area contributed by atoms with Gasteiger partial charge in [-0.3, -0.25) is 0 Å². The predicted molar refractivity (Wildman–Crippen MR) is 130 cm³/mol. The number of terminal acetylenes is 1. The molecule has 29 heavy (non-hydrogen) atoms. The number of allylic oxidation sites excluding steroid dienone is 4. The quantitative estimate of drug-likeness (QED) is 0.397. The minimum Gasteiger partial charge on any atom is -0.115 e. The van der Waals surface area contributed by atoms with Crippen molar-refractivity contribution in [1.29, 1.82) is 0 Å². The van der Waals surface area contributed by atoms with Gasteiger partial charge in [0.05, 0.1) is 0 Å². The van der Waals surface area contributed by atoms with Crippen LogP contribution in [-0.4, -0.2) is 0 Å². The van der Waals surface area contributed by atoms with Crippen molar-refractivity contribution in [2.24, 2.45) is 11.8 Å². The first kappa shape index (κ1) is 19.4. The highest BCUT2D eigenvalue weighted by Crippen LogP contribution is 2.42. The van der Waals surface area contributed by atoms with Gasteiger partial charge in [-0.05, 0) is 56.6 Å². The van der Waals surface area contributed by atoms with Crippen LogP contribution in [0.25, 0.3) is 28.0 Å². The zero-order chi connectivity index (χ0) is 20.4. The molecule has 0 spiro atoms. The van der Waals surface area contributed by atoms with Crippen LogP contribution in [0, 0.1) is 24.2 Å². The highest BCUT2D eigenvalue weighted by Gasteiger charge is 2.26. The molecule has 3 atom stereocenters. The summed E-state index contributed by atoms with van der Waals surface area (Å²) in [6.45, 7) is 4.58. The lowest BCUT2D eigenvalue weighted by Gasteiger charge is -2.30. The molecule has 3 aromatic carbocycles. The van der Waals surface area contributed by atoms with Gasteiger partial charge in [0.1, 0.15) is 0 Å². The summed E-state index contributed by atoms with van der Waals surface area (Å²) in [5.74, 6) is 3.37. The van der Waals surface area contributed by atoms with E-state index in [9.17, 15) is 0 Å². The summed E-state index contributed by atoms with van der Waals surface area (Å²) in [6, 6.07) is 23.6. The van der Waals surface area contributed by atoms with Crippen LogP contribution in [0.15, 0.2) is 84.2 Å². The minimum atomic E-state index is 0.314. The van der Waals surface area contributed by atoms with Gasteiger partial charge in [-0.1, -0.05) is 97.3 Å². The Balaban J connectivity index is 1.89. The van der Waals surface area contributed by atoms with Crippen LogP contribution in [0.5, 0.6) is 0 Å². The Morgan fingerprint density at radius 3 is 2.55 bits per heavy atom. The van der Waals surface area contributed by atoms with Gasteiger partial charge in [-0.25, -0.2) is 0 Å². The summed E-state index contributed by atoms with van der Waals surface area (Å²) >= 11 is 0. The van der Waals surface area contributed by atoms with E-state index < -0.39 is 0 Å². The highest BCUT2D eigenvalue weighted by atomic mass is 31.0. The largest absolute Gasteiger partial charge is 0.115 e. The Labute approximate surface area is 175 Å². The van der Waals surface area contributed by atoms with Gasteiger partial charge in [0.2, 0.25) is 0 Å². The van der Waals surface area contributed by atoms with Crippen molar-refractivity contribution in [2.45, 2.75) is 13.8 Å². The molecule has 2 unspecified atom stereocenters. The number of hydrogen-bond donors (Lipinski definition) is 0. The number of fused-ring (bicyclic) bond motifs is 1. The van der Waals surface area contributed by atoms with Crippen LogP contribution >= 0.6 is 9.24 Å². The maximum Gasteiger partial charge on any atom is 0.00587 e. The summed E-state index contributed by atoms with van der Waals surface area (Å²) in [5.41, 5.74) is 4.06. The van der Waals surface area contributed by atoms with Crippen LogP contribution in [0.3, 0.4) is 0 Å². The monoisotopic (exact) mass is 392 g/mol. The van der Waals surface area contributed by atoms with Crippen LogP contribution in [-0.2, 0) is 0 Å². The molecule has 0 nitrogen and oxygen atoms in total. The highest BCUT2D eigenvalue weighted by molar-refractivity contribution is 7.23. The Hall–Kier alpha value is -2.87. The standard InChI is InChI=1S/C28H25P/c1-4-10-21-11-5-7-14-24(21)19(2)27-17-23(29)18-28(20(27)3)26-16-9-13-22-12-6-8-15-25(22)26/h1,5-18,20,27H,29H2,2-3H3/b21-10-,24-19+/t20-,27?/m0/s1. The summed E-state index contributed by atoms with van der Waals surface area (Å²) in [7, 11) is 2.90. The fourth-order valence-electron chi connectivity index (χ4n) is 4.46. The second-order valence-electron chi connectivity index (χ2n) is 7.69. The van der Waals surface area contributed by atoms with E-state index in [1.807, 2.05) is 12.1 Å². The molecule has 0 fully saturated rings. The normalized spacial score (nSPS) is 20.7. The molecule has 0 heterocycles. The Morgan fingerprint density at radius 1 is 1.00 bits per heavy atom. The third kappa shape index (κ3) is 3.72. The molecule has 3 aromatic rings. The molecule has 0 radical (unpaired) electrons. The first-order valence-corrected chi connectivity index (χ1v) is 10.6. The topological polar surface area (TPSA) is 0 Å². The summed E-state index contributed by atoms with van der Waals surface area (Å²) in [5, 5.41) is 6.17. The van der Waals surface area contributed by atoms with Crippen molar-refractivity contribution in [2.75, 3.05) is 0 Å². The lowest BCUT2D eigenvalue weighted by molar-refractivity contribution is 0.631. The molecule has 0 bridgehead atoms. The van der Waals surface area contributed by atoms with Gasteiger partial charge in [0.15, 0.2) is 0 Å². The van der Waals surface area contributed by atoms with E-state index in [0.29, 0.717) is 11.8 Å². The third-order valence-corrected chi connectivity index (χ3v) is 6.31. The van der Waals surface area contributed by atoms with Crippen molar-refractivity contribution in [3.05, 3.63) is 100 Å². The maximum atomic E-state index is 5.57. The van der Waals surface area contributed by atoms with E-state index in [0.717, 1.165) is 5.22 Å². The number of rotatable bonds is 2. The first-order valence-electron chi connectivity index (χ1n) is 9.99. The average Bonchev–Trinajstić information content (AvgIpc) is 2.75. The number of benzene rings is 3. The van der Waals surface area contributed by atoms with Crippen LogP contribution in [0.2, 0.25) is 0 Å². The second kappa shape index (κ2) is 8.24. The molecule has 0 saturated carbocycles. The molecule has 0 amide bonds. The summed E-state index contributed by atoms with van der Waals surface area (Å²) < 4.78 is 0. The number of hydrogen-bond acceptors (Lipinski definition) is 0. The smallest absolute Gasteiger partial charge is 0.00587 e. The molecular formula is C28H25P. The Morgan fingerprint density at radius 2 is 1.72 bits per heavy atom. The van der Waals surface area contributed by atoms with Gasteiger partial charge in [0.25, 0.3) is 0 Å². The van der Waals surface area contributed by atoms with Gasteiger partial charge in [-0.15, -0.1) is 15.7 Å². The maximum absolute atomic E-state index is 5.57. The Kier molecular flexibility index (Phi) is 5.53. The van der Waals surface area contributed by atoms with Crippen molar-refractivity contribution < 1.29 is 0 Å². The molecule has 0 N–H and O–H groups in total. The molecule has 1 aliphatic carbocycles. The third-order valence-electron chi connectivity index (χ3n) is 5.95. The van der Waals surface area contributed by atoms with Gasteiger partial charge in [-0.2, -0.15) is 0 Å². The van der Waals surface area contributed by atoms with Crippen molar-refractivity contribution in [1.82, 2.24) is 0 Å². The fraction of sp³-hybridized carbons (Fsp3) is 0.143. The predicted octanol–water partition coefficient (Wildman–Crippen LogP) is 5.53. The lowest BCUT2D eigenvalue weighted by atomic mass is 9.75. The average molecular weight is 392 g/mol. The van der Waals surface area contributed by atoms with Crippen LogP contribution < -0.4 is 10.4 Å². The molecule has 4 rings (SSSR count). The lowest BCUT2D eigenvalue weighted by Crippen LogP contribution is -2.30. The molecule has 142 valence electrons. The Bertz CT molecular complexity index is 1290. The van der Waals surface area contributed by atoms with E-state index in [4.69, 9.17) is 6.42 Å². The SMILES string of the molecule is C#C/C=c1/cccc/c1=C(/C)C1C=C(P)C=C(c2cccc3ccccc23)[C@H]1C. The van der Waals surface area contributed by atoms with E-state index in [1.165, 1.54) is 38.0 Å². The van der Waals surface area contributed by atoms with E-state index >= 15 is 0 Å². The molecule has 0 saturated heterocycles. The second-order valence-corrected chi connectivity index (χ2v) is 8.36. The molecule has 0 aromatic heterocycles. The van der Waals surface area contributed by atoms with Gasteiger partial charge < -0.3 is 0 Å². The fourth-order valence-corrected chi connectivity index (χ4v) is 4.84.